The molecule has 0 aliphatic heterocycles. The molecule has 0 saturated carbocycles. The fourth-order valence-corrected chi connectivity index (χ4v) is 3.79. The third-order valence-electron chi connectivity index (χ3n) is 3.47. The zero-order valence-electron chi connectivity index (χ0n) is 14.6. The molecular formula is C16H26ClN3O3S. The van der Waals surface area contributed by atoms with Crippen molar-refractivity contribution in [1.29, 1.82) is 0 Å². The second kappa shape index (κ2) is 9.25. The number of carbonyl (C=O) groups is 1. The number of sulfonamides is 1. The normalized spacial score (nSPS) is 12.9. The molecule has 136 valence electrons. The van der Waals surface area contributed by atoms with Gasteiger partial charge in [-0.1, -0.05) is 24.6 Å². The average Bonchev–Trinajstić information content (AvgIpc) is 2.47. The highest BCUT2D eigenvalue weighted by Crippen LogP contribution is 2.25. The number of anilines is 1. The van der Waals surface area contributed by atoms with E-state index in [0.717, 1.165) is 23.5 Å². The molecule has 0 aliphatic carbocycles. The molecule has 1 aromatic carbocycles. The number of carbonyl (C=O) groups excluding carboxylic acids is 1. The third kappa shape index (κ3) is 6.30. The van der Waals surface area contributed by atoms with Crippen LogP contribution >= 0.6 is 11.6 Å². The van der Waals surface area contributed by atoms with Crippen LogP contribution in [0.5, 0.6) is 0 Å². The van der Waals surface area contributed by atoms with Gasteiger partial charge in [0.2, 0.25) is 15.9 Å². The zero-order valence-corrected chi connectivity index (χ0v) is 16.2. The Morgan fingerprint density at radius 1 is 1.33 bits per heavy atom. The fourth-order valence-electron chi connectivity index (χ4n) is 2.40. The molecule has 1 rings (SSSR count). The minimum Gasteiger partial charge on any atom is -0.354 e. The van der Waals surface area contributed by atoms with Gasteiger partial charge in [0.1, 0.15) is 6.04 Å². The van der Waals surface area contributed by atoms with E-state index < -0.39 is 16.1 Å². The minimum atomic E-state index is -3.63. The highest BCUT2D eigenvalue weighted by Gasteiger charge is 2.31. The van der Waals surface area contributed by atoms with Gasteiger partial charge in [-0.05, 0) is 51.7 Å². The van der Waals surface area contributed by atoms with Crippen LogP contribution in [0, 0.1) is 0 Å². The summed E-state index contributed by atoms with van der Waals surface area (Å²) >= 11 is 5.97. The molecule has 6 nitrogen and oxygen atoms in total. The van der Waals surface area contributed by atoms with Gasteiger partial charge in [0.25, 0.3) is 0 Å². The number of halogens is 1. The van der Waals surface area contributed by atoms with Crippen molar-refractivity contribution in [2.24, 2.45) is 0 Å². The molecule has 1 amide bonds. The van der Waals surface area contributed by atoms with E-state index in [-0.39, 0.29) is 5.91 Å². The maximum Gasteiger partial charge on any atom is 0.243 e. The quantitative estimate of drug-likeness (QED) is 0.670. The fraction of sp³-hybridized carbons (Fsp3) is 0.562. The van der Waals surface area contributed by atoms with E-state index >= 15 is 0 Å². The number of hydrogen-bond donors (Lipinski definition) is 1. The van der Waals surface area contributed by atoms with Crippen LogP contribution in [-0.2, 0) is 14.8 Å². The van der Waals surface area contributed by atoms with E-state index in [2.05, 4.69) is 5.32 Å². The lowest BCUT2D eigenvalue weighted by atomic mass is 10.2. The summed E-state index contributed by atoms with van der Waals surface area (Å²) in [6, 6.07) is 5.70. The van der Waals surface area contributed by atoms with E-state index in [4.69, 9.17) is 11.6 Å². The summed E-state index contributed by atoms with van der Waals surface area (Å²) in [5.41, 5.74) is 0.389. The molecule has 0 fully saturated rings. The molecule has 8 heteroatoms. The highest BCUT2D eigenvalue weighted by molar-refractivity contribution is 7.92. The van der Waals surface area contributed by atoms with Crippen molar-refractivity contribution in [1.82, 2.24) is 10.2 Å². The van der Waals surface area contributed by atoms with Crippen LogP contribution in [0.4, 0.5) is 5.69 Å². The smallest absolute Gasteiger partial charge is 0.243 e. The monoisotopic (exact) mass is 375 g/mol. The van der Waals surface area contributed by atoms with Gasteiger partial charge in [-0.15, -0.1) is 0 Å². The van der Waals surface area contributed by atoms with Crippen molar-refractivity contribution in [2.45, 2.75) is 25.8 Å². The first-order valence-electron chi connectivity index (χ1n) is 7.84. The van der Waals surface area contributed by atoms with Crippen LogP contribution in [0.1, 0.15) is 19.8 Å². The summed E-state index contributed by atoms with van der Waals surface area (Å²) in [6.07, 6.45) is 2.25. The van der Waals surface area contributed by atoms with E-state index in [1.54, 1.807) is 31.2 Å². The minimum absolute atomic E-state index is 0.304. The van der Waals surface area contributed by atoms with Gasteiger partial charge in [-0.3, -0.25) is 9.10 Å². The Hall–Kier alpha value is -1.31. The van der Waals surface area contributed by atoms with Crippen LogP contribution in [0.3, 0.4) is 0 Å². The zero-order chi connectivity index (χ0) is 18.3. The second-order valence-electron chi connectivity index (χ2n) is 5.91. The average molecular weight is 376 g/mol. The van der Waals surface area contributed by atoms with E-state index in [9.17, 15) is 13.2 Å². The summed E-state index contributed by atoms with van der Waals surface area (Å²) in [5.74, 6) is -0.304. The maximum absolute atomic E-state index is 12.5. The number of nitrogens with one attached hydrogen (secondary N) is 1. The van der Waals surface area contributed by atoms with Crippen LogP contribution in [-0.4, -0.2) is 58.7 Å². The van der Waals surface area contributed by atoms with Crippen molar-refractivity contribution in [3.8, 4) is 0 Å². The first-order valence-corrected chi connectivity index (χ1v) is 10.1. The highest BCUT2D eigenvalue weighted by atomic mass is 35.5. The lowest BCUT2D eigenvalue weighted by Gasteiger charge is -2.30. The molecule has 0 aromatic heterocycles. The standard InChI is InChI=1S/C16H26ClN3O3S/c1-5-15(16(21)18-10-7-11-19(2)3)20(24(4,22)23)14-9-6-8-13(17)12-14/h6,8-9,12,15H,5,7,10-11H2,1-4H3,(H,18,21)/t15-/m0/s1. The first-order chi connectivity index (χ1) is 11.2. The van der Waals surface area contributed by atoms with Crippen molar-refractivity contribution < 1.29 is 13.2 Å². The largest absolute Gasteiger partial charge is 0.354 e. The van der Waals surface area contributed by atoms with Gasteiger partial charge in [0, 0.05) is 11.6 Å². The Kier molecular flexibility index (Phi) is 7.99. The summed E-state index contributed by atoms with van der Waals surface area (Å²) < 4.78 is 25.7. The van der Waals surface area contributed by atoms with Crippen LogP contribution in [0.25, 0.3) is 0 Å². The number of amides is 1. The Labute approximate surface area is 149 Å². The van der Waals surface area contributed by atoms with Gasteiger partial charge in [-0.2, -0.15) is 0 Å². The predicted octanol–water partition coefficient (Wildman–Crippen LogP) is 1.95. The Balaban J connectivity index is 2.96. The topological polar surface area (TPSA) is 69.7 Å². The van der Waals surface area contributed by atoms with Gasteiger partial charge < -0.3 is 10.2 Å². The summed E-state index contributed by atoms with van der Waals surface area (Å²) in [4.78, 5) is 14.5. The van der Waals surface area contributed by atoms with Gasteiger partial charge in [-0.25, -0.2) is 8.42 Å². The van der Waals surface area contributed by atoms with Crippen LogP contribution in [0.15, 0.2) is 24.3 Å². The van der Waals surface area contributed by atoms with E-state index in [0.29, 0.717) is 23.7 Å². The molecule has 0 heterocycles. The van der Waals surface area contributed by atoms with Gasteiger partial charge >= 0.3 is 0 Å². The molecule has 1 aromatic rings. The molecule has 0 aliphatic rings. The number of benzene rings is 1. The number of rotatable bonds is 9. The number of hydrogen-bond acceptors (Lipinski definition) is 4. The summed E-state index contributed by atoms with van der Waals surface area (Å²) in [5, 5.41) is 3.24. The number of nitrogens with zero attached hydrogens (tertiary/aromatic N) is 2. The molecule has 1 atom stereocenters. The third-order valence-corrected chi connectivity index (χ3v) is 4.89. The van der Waals surface area contributed by atoms with Crippen molar-refractivity contribution >= 4 is 33.2 Å². The lowest BCUT2D eigenvalue weighted by molar-refractivity contribution is -0.122. The van der Waals surface area contributed by atoms with E-state index in [1.807, 2.05) is 19.0 Å². The SMILES string of the molecule is CC[C@@H](C(=O)NCCCN(C)C)N(c1cccc(Cl)c1)S(C)(=O)=O. The summed E-state index contributed by atoms with van der Waals surface area (Å²) in [6.45, 7) is 3.13. The van der Waals surface area contributed by atoms with Gasteiger partial charge in [0.05, 0.1) is 11.9 Å². The molecule has 1 N–H and O–H groups in total. The first kappa shape index (κ1) is 20.7. The van der Waals surface area contributed by atoms with Gasteiger partial charge in [0.15, 0.2) is 0 Å². The van der Waals surface area contributed by atoms with E-state index in [1.165, 1.54) is 0 Å². The molecule has 0 unspecified atom stereocenters. The molecule has 0 saturated heterocycles. The maximum atomic E-state index is 12.5. The summed E-state index contributed by atoms with van der Waals surface area (Å²) in [7, 11) is 0.290. The Morgan fingerprint density at radius 2 is 2.00 bits per heavy atom. The predicted molar refractivity (Wildman–Crippen MR) is 99.0 cm³/mol. The molecule has 24 heavy (non-hydrogen) atoms. The molecule has 0 spiro atoms. The van der Waals surface area contributed by atoms with Crippen LogP contribution < -0.4 is 9.62 Å². The Bertz CT molecular complexity index is 650. The molecule has 0 radical (unpaired) electrons. The second-order valence-corrected chi connectivity index (χ2v) is 8.21. The van der Waals surface area contributed by atoms with Crippen molar-refractivity contribution in [3.63, 3.8) is 0 Å². The van der Waals surface area contributed by atoms with Crippen LogP contribution in [0.2, 0.25) is 5.02 Å². The van der Waals surface area contributed by atoms with Crippen molar-refractivity contribution in [2.75, 3.05) is 37.7 Å². The molecular weight excluding hydrogens is 350 g/mol. The Morgan fingerprint density at radius 3 is 2.50 bits per heavy atom. The lowest BCUT2D eigenvalue weighted by Crippen LogP contribution is -2.49. The molecule has 0 bridgehead atoms. The van der Waals surface area contributed by atoms with Crippen molar-refractivity contribution in [3.05, 3.63) is 29.3 Å².